The number of carbonyl (C=O) groups is 1. The summed E-state index contributed by atoms with van der Waals surface area (Å²) in [4.78, 5) is 40.2. The number of sulfonamides is 1. The Bertz CT molecular complexity index is 1810. The van der Waals surface area contributed by atoms with Crippen molar-refractivity contribution in [3.63, 3.8) is 0 Å². The van der Waals surface area contributed by atoms with E-state index in [0.717, 1.165) is 43.1 Å². The van der Waals surface area contributed by atoms with Crippen molar-refractivity contribution in [3.8, 4) is 11.5 Å². The first-order valence-corrected chi connectivity index (χ1v) is 16.7. The minimum atomic E-state index is -4.16. The number of benzene rings is 2. The maximum Gasteiger partial charge on any atom is 0.408 e. The van der Waals surface area contributed by atoms with Gasteiger partial charge in [0.15, 0.2) is 17.1 Å². The molecule has 250 valence electrons. The van der Waals surface area contributed by atoms with Gasteiger partial charge >= 0.3 is 17.5 Å². The summed E-state index contributed by atoms with van der Waals surface area (Å²) in [6.07, 6.45) is 2.48. The third-order valence-electron chi connectivity index (χ3n) is 8.80. The Morgan fingerprint density at radius 2 is 1.59 bits per heavy atom. The molecule has 0 bridgehead atoms. The number of alkyl carbamates (subject to hydrolysis) is 1. The molecule has 2 aliphatic heterocycles. The van der Waals surface area contributed by atoms with E-state index in [4.69, 9.17) is 14.2 Å². The van der Waals surface area contributed by atoms with Gasteiger partial charge in [-0.05, 0) is 43.2 Å². The number of nitrogens with one attached hydrogen (secondary N) is 1. The molecular weight excluding hydrogens is 618 g/mol. The van der Waals surface area contributed by atoms with Crippen LogP contribution in [-0.2, 0) is 40.9 Å². The maximum absolute atomic E-state index is 13.7. The highest BCUT2D eigenvalue weighted by atomic mass is 32.2. The summed E-state index contributed by atoms with van der Waals surface area (Å²) in [5.74, 6) is 0.967. The number of aromatic nitrogens is 3. The fourth-order valence-corrected chi connectivity index (χ4v) is 7.67. The van der Waals surface area contributed by atoms with Crippen LogP contribution < -0.4 is 26.2 Å². The van der Waals surface area contributed by atoms with Crippen LogP contribution in [0.3, 0.4) is 0 Å². The summed E-state index contributed by atoms with van der Waals surface area (Å²) >= 11 is 0. The molecule has 15 heteroatoms. The molecule has 1 fully saturated rings. The van der Waals surface area contributed by atoms with Gasteiger partial charge in [0.05, 0.1) is 38.7 Å². The van der Waals surface area contributed by atoms with Gasteiger partial charge in [0, 0.05) is 19.6 Å². The molecule has 3 heterocycles. The first-order chi connectivity index (χ1) is 21.9. The van der Waals surface area contributed by atoms with E-state index in [-0.39, 0.29) is 18.0 Å². The van der Waals surface area contributed by atoms with E-state index in [2.05, 4.69) is 12.2 Å². The van der Waals surface area contributed by atoms with E-state index in [1.807, 2.05) is 6.92 Å². The van der Waals surface area contributed by atoms with Gasteiger partial charge in [-0.1, -0.05) is 49.9 Å². The predicted octanol–water partition coefficient (Wildman–Crippen LogP) is 1.83. The normalized spacial score (nSPS) is 21.0. The van der Waals surface area contributed by atoms with Crippen LogP contribution in [0.15, 0.2) is 56.9 Å². The molecule has 0 aliphatic carbocycles. The molecule has 46 heavy (non-hydrogen) atoms. The Labute approximate surface area is 267 Å². The fraction of sp³-hybridized carbons (Fsp3) is 0.516. The van der Waals surface area contributed by atoms with Gasteiger partial charge in [0.1, 0.15) is 5.60 Å². The number of hydrogen-bond donors (Lipinski definition) is 2. The molecule has 0 radical (unpaired) electrons. The Balaban J connectivity index is 1.46. The quantitative estimate of drug-likeness (QED) is 0.276. The Hall–Kier alpha value is -4.08. The molecule has 1 amide bonds. The van der Waals surface area contributed by atoms with Crippen LogP contribution in [-0.4, -0.2) is 76.4 Å². The Morgan fingerprint density at radius 1 is 0.913 bits per heavy atom. The smallest absolute Gasteiger partial charge is 0.408 e. The van der Waals surface area contributed by atoms with Crippen LogP contribution in [0.1, 0.15) is 43.7 Å². The number of methoxy groups -OCH3 is 2. The largest absolute Gasteiger partial charge is 0.493 e. The second-order valence-corrected chi connectivity index (χ2v) is 13.9. The number of unbranched alkanes of at least 4 members (excludes halogenated alkanes) is 3. The van der Waals surface area contributed by atoms with Gasteiger partial charge in [0.2, 0.25) is 10.0 Å². The molecule has 0 spiro atoms. The first kappa shape index (κ1) is 33.3. The SMILES string of the molecule is CCCCCCn1c(=O)n2n(c1=O)C[C@]1(OC(=O)NCc3ccc(OC)c(OC)c3)CN(S(=O)(=O)c3ccc(C)cc3)C[C@]1(O)C2. The molecule has 2 aliphatic rings. The molecule has 0 saturated carbocycles. The number of nitrogens with zero attached hydrogens (tertiary/aromatic N) is 4. The van der Waals surface area contributed by atoms with E-state index >= 15 is 0 Å². The monoisotopic (exact) mass is 659 g/mol. The molecule has 2 N–H and O–H groups in total. The van der Waals surface area contributed by atoms with Gasteiger partial charge in [-0.2, -0.15) is 4.31 Å². The summed E-state index contributed by atoms with van der Waals surface area (Å²) in [5.41, 5.74) is -3.62. The van der Waals surface area contributed by atoms with Crippen LogP contribution in [0.2, 0.25) is 0 Å². The van der Waals surface area contributed by atoms with Gasteiger partial charge in [-0.15, -0.1) is 0 Å². The predicted molar refractivity (Wildman–Crippen MR) is 168 cm³/mol. The molecule has 2 atom stereocenters. The number of fused-ring (bicyclic) bond motifs is 2. The Morgan fingerprint density at radius 3 is 2.24 bits per heavy atom. The van der Waals surface area contributed by atoms with Crippen molar-refractivity contribution >= 4 is 16.1 Å². The topological polar surface area (TPSA) is 163 Å². The molecule has 2 aromatic carbocycles. The van der Waals surface area contributed by atoms with Crippen LogP contribution in [0.4, 0.5) is 4.79 Å². The number of aryl methyl sites for hydroxylation is 1. The van der Waals surface area contributed by atoms with Crippen molar-refractivity contribution in [1.29, 1.82) is 0 Å². The summed E-state index contributed by atoms with van der Waals surface area (Å²) in [6, 6.07) is 11.3. The molecule has 0 unspecified atom stereocenters. The molecule has 1 saturated heterocycles. The minimum absolute atomic E-state index is 0.000356. The average Bonchev–Trinajstić information content (AvgIpc) is 3.45. The van der Waals surface area contributed by atoms with Gasteiger partial charge < -0.3 is 24.6 Å². The number of ether oxygens (including phenoxy) is 3. The summed E-state index contributed by atoms with van der Waals surface area (Å²) < 4.78 is 48.4. The standard InChI is InChI=1S/C31H41N5O9S/c1-5-6-7-8-15-34-28(38)35-19-30(40)18-33(46(41,42)24-12-9-22(2)10-13-24)20-31(30,21-36(35)29(34)39)45-27(37)32-17-23-11-14-25(43-3)26(16-23)44-4/h9-14,16,40H,5-8,15,17-21H2,1-4H3,(H,32,37)/t30-,31+/m0/s1. The van der Waals surface area contributed by atoms with Gasteiger partial charge in [-0.25, -0.2) is 36.7 Å². The highest BCUT2D eigenvalue weighted by Gasteiger charge is 2.65. The second kappa shape index (κ2) is 13.0. The number of hydrogen-bond acceptors (Lipinski definition) is 9. The average molecular weight is 660 g/mol. The highest BCUT2D eigenvalue weighted by molar-refractivity contribution is 7.89. The van der Waals surface area contributed by atoms with E-state index in [0.29, 0.717) is 23.5 Å². The van der Waals surface area contributed by atoms with Crippen LogP contribution in [0.5, 0.6) is 11.5 Å². The molecule has 1 aromatic heterocycles. The van der Waals surface area contributed by atoms with Crippen molar-refractivity contribution < 1.29 is 32.5 Å². The van der Waals surface area contributed by atoms with Crippen LogP contribution in [0.25, 0.3) is 0 Å². The third kappa shape index (κ3) is 6.06. The van der Waals surface area contributed by atoms with Crippen LogP contribution >= 0.6 is 0 Å². The molecule has 5 rings (SSSR count). The van der Waals surface area contributed by atoms with Crippen LogP contribution in [0, 0.1) is 6.92 Å². The first-order valence-electron chi connectivity index (χ1n) is 15.3. The lowest BCUT2D eigenvalue weighted by molar-refractivity contribution is -0.159. The Kier molecular flexibility index (Phi) is 9.38. The second-order valence-electron chi connectivity index (χ2n) is 11.9. The summed E-state index contributed by atoms with van der Waals surface area (Å²) in [7, 11) is -1.16. The van der Waals surface area contributed by atoms with E-state index in [1.165, 1.54) is 26.4 Å². The number of aliphatic hydroxyl groups is 1. The number of amides is 1. The molecule has 14 nitrogen and oxygen atoms in total. The van der Waals surface area contributed by atoms with Crippen molar-refractivity contribution in [1.82, 2.24) is 23.6 Å². The lowest BCUT2D eigenvalue weighted by atomic mass is 9.84. The van der Waals surface area contributed by atoms with Crippen molar-refractivity contribution in [2.45, 2.75) is 81.8 Å². The fourth-order valence-electron chi connectivity index (χ4n) is 6.13. The number of β-amino-alcohol motifs (C(OH)–C–C–N with tert-alkyl or cyclic N) is 1. The number of carbonyl (C=O) groups excluding carboxylic acids is 1. The lowest BCUT2D eigenvalue weighted by Gasteiger charge is -2.43. The van der Waals surface area contributed by atoms with Gasteiger partial charge in [-0.3, -0.25) is 0 Å². The van der Waals surface area contributed by atoms with Crippen molar-refractivity contribution in [3.05, 3.63) is 74.6 Å². The maximum atomic E-state index is 13.7. The molecular formula is C31H41N5O9S. The summed E-state index contributed by atoms with van der Waals surface area (Å²) in [5, 5.41) is 14.8. The minimum Gasteiger partial charge on any atom is -0.493 e. The van der Waals surface area contributed by atoms with E-state index in [9.17, 15) is 27.9 Å². The zero-order valence-electron chi connectivity index (χ0n) is 26.5. The zero-order chi connectivity index (χ0) is 33.3. The third-order valence-corrected chi connectivity index (χ3v) is 10.6. The highest BCUT2D eigenvalue weighted by Crippen LogP contribution is 2.42. The lowest BCUT2D eigenvalue weighted by Crippen LogP contribution is -2.66. The zero-order valence-corrected chi connectivity index (χ0v) is 27.3. The van der Waals surface area contributed by atoms with Gasteiger partial charge in [0.25, 0.3) is 0 Å². The van der Waals surface area contributed by atoms with Crippen molar-refractivity contribution in [2.24, 2.45) is 0 Å². The van der Waals surface area contributed by atoms with E-state index < -0.39 is 64.9 Å². The number of rotatable bonds is 12. The van der Waals surface area contributed by atoms with E-state index in [1.54, 1.807) is 30.3 Å². The molecule has 3 aromatic rings. The van der Waals surface area contributed by atoms with Crippen molar-refractivity contribution in [2.75, 3.05) is 27.3 Å². The summed E-state index contributed by atoms with van der Waals surface area (Å²) in [6.45, 7) is 2.32.